The van der Waals surface area contributed by atoms with Gasteiger partial charge in [-0.2, -0.15) is 11.8 Å². The number of carbonyl (C=O) groups excluding carboxylic acids is 2. The maximum Gasteiger partial charge on any atom is 0.309 e. The summed E-state index contributed by atoms with van der Waals surface area (Å²) in [5.74, 6) is -1.31. The molecule has 1 aliphatic carbocycles. The summed E-state index contributed by atoms with van der Waals surface area (Å²) in [5, 5.41) is 4.99. The molecule has 0 atom stereocenters. The minimum absolute atomic E-state index is 0.0509. The molecular formula is C10H17N3O2S2. The fourth-order valence-electron chi connectivity index (χ4n) is 1.59. The van der Waals surface area contributed by atoms with Crippen LogP contribution in [0.5, 0.6) is 0 Å². The number of thioether (sulfide) groups is 1. The van der Waals surface area contributed by atoms with Crippen molar-refractivity contribution in [3.63, 3.8) is 0 Å². The molecule has 1 fully saturated rings. The minimum atomic E-state index is -0.687. The average Bonchev–Trinajstić information content (AvgIpc) is 2.24. The van der Waals surface area contributed by atoms with Crippen LogP contribution < -0.4 is 16.4 Å². The van der Waals surface area contributed by atoms with Gasteiger partial charge in [-0.1, -0.05) is 18.6 Å². The van der Waals surface area contributed by atoms with Gasteiger partial charge in [0, 0.05) is 11.3 Å². The third-order valence-electron chi connectivity index (χ3n) is 2.90. The van der Waals surface area contributed by atoms with E-state index in [1.165, 1.54) is 6.42 Å². The molecular weight excluding hydrogens is 258 g/mol. The van der Waals surface area contributed by atoms with E-state index in [0.29, 0.717) is 6.54 Å². The molecule has 0 saturated heterocycles. The highest BCUT2D eigenvalue weighted by Crippen LogP contribution is 2.42. The summed E-state index contributed by atoms with van der Waals surface area (Å²) >= 11 is 6.34. The van der Waals surface area contributed by atoms with Crippen LogP contribution in [0.1, 0.15) is 19.3 Å². The summed E-state index contributed by atoms with van der Waals surface area (Å²) in [4.78, 5) is 22.9. The summed E-state index contributed by atoms with van der Waals surface area (Å²) < 4.78 is 0.124. The van der Waals surface area contributed by atoms with Crippen LogP contribution in [0.15, 0.2) is 0 Å². The van der Waals surface area contributed by atoms with Crippen LogP contribution >= 0.6 is 24.0 Å². The first-order valence-corrected chi connectivity index (χ1v) is 7.02. The van der Waals surface area contributed by atoms with Crippen molar-refractivity contribution in [2.45, 2.75) is 24.0 Å². The van der Waals surface area contributed by atoms with Gasteiger partial charge in [-0.15, -0.1) is 0 Å². The zero-order chi connectivity index (χ0) is 12.9. The van der Waals surface area contributed by atoms with Crippen molar-refractivity contribution in [3.05, 3.63) is 0 Å². The third-order valence-corrected chi connectivity index (χ3v) is 4.46. The number of carbonyl (C=O) groups is 2. The molecule has 4 N–H and O–H groups in total. The lowest BCUT2D eigenvalue weighted by Gasteiger charge is -2.40. The van der Waals surface area contributed by atoms with Gasteiger partial charge in [0.2, 0.25) is 0 Å². The summed E-state index contributed by atoms with van der Waals surface area (Å²) in [7, 11) is 0. The van der Waals surface area contributed by atoms with Crippen molar-refractivity contribution in [2.75, 3.05) is 19.3 Å². The van der Waals surface area contributed by atoms with Gasteiger partial charge in [-0.3, -0.25) is 9.59 Å². The summed E-state index contributed by atoms with van der Waals surface area (Å²) in [6.45, 7) is 0.586. The van der Waals surface area contributed by atoms with Crippen molar-refractivity contribution < 1.29 is 9.59 Å². The molecule has 0 aromatic heterocycles. The molecule has 0 bridgehead atoms. The number of thiocarbonyl (C=S) groups is 1. The van der Waals surface area contributed by atoms with Crippen LogP contribution in [0.3, 0.4) is 0 Å². The Kier molecular flexibility index (Phi) is 5.20. The molecule has 17 heavy (non-hydrogen) atoms. The van der Waals surface area contributed by atoms with E-state index in [2.05, 4.69) is 22.9 Å². The van der Waals surface area contributed by atoms with Gasteiger partial charge in [-0.05, 0) is 19.1 Å². The van der Waals surface area contributed by atoms with Gasteiger partial charge in [0.25, 0.3) is 0 Å². The largest absolute Gasteiger partial charge is 0.392 e. The molecule has 7 heteroatoms. The Labute approximate surface area is 110 Å². The highest BCUT2D eigenvalue weighted by Gasteiger charge is 2.36. The molecule has 0 unspecified atom stereocenters. The monoisotopic (exact) mass is 275 g/mol. The molecule has 1 rings (SSSR count). The summed E-state index contributed by atoms with van der Waals surface area (Å²) in [6, 6.07) is 0. The van der Waals surface area contributed by atoms with Crippen molar-refractivity contribution in [1.82, 2.24) is 10.6 Å². The number of nitrogens with one attached hydrogen (secondary N) is 2. The Bertz CT molecular complexity index is 324. The molecule has 0 aromatic carbocycles. The smallest absolute Gasteiger partial charge is 0.309 e. The predicted molar refractivity (Wildman–Crippen MR) is 72.9 cm³/mol. The maximum absolute atomic E-state index is 11.4. The number of hydrogen-bond acceptors (Lipinski definition) is 4. The number of nitrogens with two attached hydrogens (primary N) is 1. The summed E-state index contributed by atoms with van der Waals surface area (Å²) in [6.07, 6.45) is 5.38. The fraction of sp³-hybridized carbons (Fsp3) is 0.700. The number of hydrogen-bond donors (Lipinski definition) is 3. The lowest BCUT2D eigenvalue weighted by molar-refractivity contribution is -0.139. The number of amides is 2. The lowest BCUT2D eigenvalue weighted by Crippen LogP contribution is -2.49. The quantitative estimate of drug-likeness (QED) is 0.478. The molecule has 0 heterocycles. The minimum Gasteiger partial charge on any atom is -0.392 e. The molecule has 5 nitrogen and oxygen atoms in total. The summed E-state index contributed by atoms with van der Waals surface area (Å²) in [5.41, 5.74) is 5.22. The van der Waals surface area contributed by atoms with Crippen molar-refractivity contribution >= 4 is 40.8 Å². The van der Waals surface area contributed by atoms with Gasteiger partial charge in [0.05, 0.1) is 11.5 Å². The second-order valence-electron chi connectivity index (χ2n) is 4.07. The zero-order valence-corrected chi connectivity index (χ0v) is 11.4. The maximum atomic E-state index is 11.4. The first kappa shape index (κ1) is 14.2. The van der Waals surface area contributed by atoms with E-state index in [1.54, 1.807) is 11.8 Å². The van der Waals surface area contributed by atoms with E-state index in [0.717, 1.165) is 12.8 Å². The molecule has 96 valence electrons. The third kappa shape index (κ3) is 4.16. The Morgan fingerprint density at radius 1 is 1.35 bits per heavy atom. The van der Waals surface area contributed by atoms with Crippen LogP contribution in [-0.2, 0) is 9.59 Å². The van der Waals surface area contributed by atoms with Gasteiger partial charge in [0.1, 0.15) is 0 Å². The van der Waals surface area contributed by atoms with Crippen LogP contribution in [-0.4, -0.2) is 40.9 Å². The van der Waals surface area contributed by atoms with Crippen LogP contribution in [0.25, 0.3) is 0 Å². The highest BCUT2D eigenvalue weighted by molar-refractivity contribution is 8.00. The standard InChI is InChI=1S/C10H17N3O2S2/c1-17-10(3-2-4-10)6-13-9(15)8(14)12-5-7(11)16/h2-6H2,1H3,(H2,11,16)(H,12,14)(H,13,15). The molecule has 0 aromatic rings. The first-order valence-electron chi connectivity index (χ1n) is 5.38. The molecule has 0 aliphatic heterocycles. The van der Waals surface area contributed by atoms with Gasteiger partial charge < -0.3 is 16.4 Å². The molecule has 1 saturated carbocycles. The van der Waals surface area contributed by atoms with Crippen LogP contribution in [0.2, 0.25) is 0 Å². The van der Waals surface area contributed by atoms with E-state index >= 15 is 0 Å². The van der Waals surface area contributed by atoms with Gasteiger partial charge >= 0.3 is 11.8 Å². The lowest BCUT2D eigenvalue weighted by atomic mass is 9.84. The van der Waals surface area contributed by atoms with E-state index in [9.17, 15) is 9.59 Å². The van der Waals surface area contributed by atoms with Crippen molar-refractivity contribution in [1.29, 1.82) is 0 Å². The van der Waals surface area contributed by atoms with E-state index < -0.39 is 11.8 Å². The highest BCUT2D eigenvalue weighted by atomic mass is 32.2. The van der Waals surface area contributed by atoms with Gasteiger partial charge in [0.15, 0.2) is 0 Å². The second-order valence-corrected chi connectivity index (χ2v) is 5.87. The fourth-order valence-corrected chi connectivity index (χ4v) is 2.58. The normalized spacial score (nSPS) is 16.8. The first-order chi connectivity index (χ1) is 7.99. The van der Waals surface area contributed by atoms with E-state index in [-0.39, 0.29) is 16.3 Å². The topological polar surface area (TPSA) is 84.2 Å². The Hall–Kier alpha value is -0.820. The molecule has 0 spiro atoms. The molecule has 0 radical (unpaired) electrons. The van der Waals surface area contributed by atoms with E-state index in [1.807, 2.05) is 6.26 Å². The van der Waals surface area contributed by atoms with E-state index in [4.69, 9.17) is 5.73 Å². The predicted octanol–water partition coefficient (Wildman–Crippen LogP) is -0.209. The Morgan fingerprint density at radius 3 is 2.35 bits per heavy atom. The van der Waals surface area contributed by atoms with Crippen LogP contribution in [0, 0.1) is 0 Å². The second kappa shape index (κ2) is 6.20. The SMILES string of the molecule is CSC1(CNC(=O)C(=O)NCC(N)=S)CCC1. The average molecular weight is 275 g/mol. The number of rotatable bonds is 5. The van der Waals surface area contributed by atoms with Crippen molar-refractivity contribution in [2.24, 2.45) is 5.73 Å². The van der Waals surface area contributed by atoms with Crippen molar-refractivity contribution in [3.8, 4) is 0 Å². The van der Waals surface area contributed by atoms with Gasteiger partial charge in [-0.25, -0.2) is 0 Å². The molecule has 1 aliphatic rings. The molecule has 2 amide bonds. The zero-order valence-electron chi connectivity index (χ0n) is 9.75. The Morgan fingerprint density at radius 2 is 1.94 bits per heavy atom. The van der Waals surface area contributed by atoms with Crippen LogP contribution in [0.4, 0.5) is 0 Å². The Balaban J connectivity index is 2.29.